The average Bonchev–Trinajstić information content (AvgIpc) is 2.78. The molecule has 2 N–H and O–H groups in total. The fourth-order valence-electron chi connectivity index (χ4n) is 1.25. The Morgan fingerprint density at radius 2 is 2.35 bits per heavy atom. The second-order valence-electron chi connectivity index (χ2n) is 3.24. The van der Waals surface area contributed by atoms with Crippen LogP contribution in [0.15, 0.2) is 29.0 Å². The molecule has 0 fully saturated rings. The van der Waals surface area contributed by atoms with Crippen LogP contribution in [0.4, 0.5) is 0 Å². The standard InChI is InChI=1S/C10H8BrClN4O/c11-6-1-2-7(8(12)3-6)10(17)13-4-9-14-5-15-16-9/h1-3,5H,4H2,(H,13,17)(H,14,15,16). The summed E-state index contributed by atoms with van der Waals surface area (Å²) in [5.41, 5.74) is 0.425. The third kappa shape index (κ3) is 3.04. The van der Waals surface area contributed by atoms with Gasteiger partial charge in [0.25, 0.3) is 5.91 Å². The van der Waals surface area contributed by atoms with Crippen LogP contribution in [-0.4, -0.2) is 21.1 Å². The molecule has 88 valence electrons. The number of hydrogen-bond donors (Lipinski definition) is 2. The maximum absolute atomic E-state index is 11.8. The summed E-state index contributed by atoms with van der Waals surface area (Å²) >= 11 is 9.23. The Balaban J connectivity index is 2.04. The Bertz CT molecular complexity index is 529. The van der Waals surface area contributed by atoms with Gasteiger partial charge in [-0.2, -0.15) is 5.10 Å². The molecule has 0 saturated carbocycles. The predicted molar refractivity (Wildman–Crippen MR) is 66.7 cm³/mol. The van der Waals surface area contributed by atoms with E-state index in [2.05, 4.69) is 36.4 Å². The van der Waals surface area contributed by atoms with Crippen molar-refractivity contribution in [1.82, 2.24) is 20.5 Å². The van der Waals surface area contributed by atoms with Crippen molar-refractivity contribution in [1.29, 1.82) is 0 Å². The summed E-state index contributed by atoms with van der Waals surface area (Å²) in [7, 11) is 0. The maximum atomic E-state index is 11.8. The molecule has 0 bridgehead atoms. The first-order chi connectivity index (χ1) is 8.16. The Kier molecular flexibility index (Phi) is 3.75. The molecule has 0 spiro atoms. The van der Waals surface area contributed by atoms with Crippen LogP contribution in [-0.2, 0) is 6.54 Å². The number of nitrogens with one attached hydrogen (secondary N) is 2. The van der Waals surface area contributed by atoms with E-state index < -0.39 is 0 Å². The highest BCUT2D eigenvalue weighted by Crippen LogP contribution is 2.21. The van der Waals surface area contributed by atoms with Crippen LogP contribution in [0.1, 0.15) is 16.2 Å². The minimum absolute atomic E-state index is 0.251. The summed E-state index contributed by atoms with van der Waals surface area (Å²) < 4.78 is 0.828. The third-order valence-corrected chi connectivity index (χ3v) is 2.86. The molecule has 17 heavy (non-hydrogen) atoms. The van der Waals surface area contributed by atoms with Crippen molar-refractivity contribution in [2.75, 3.05) is 0 Å². The van der Waals surface area contributed by atoms with E-state index in [1.54, 1.807) is 18.2 Å². The smallest absolute Gasteiger partial charge is 0.253 e. The van der Waals surface area contributed by atoms with Gasteiger partial charge in [-0.15, -0.1) is 0 Å². The Labute approximate surface area is 111 Å². The molecule has 5 nitrogen and oxygen atoms in total. The van der Waals surface area contributed by atoms with Crippen LogP contribution in [0.5, 0.6) is 0 Å². The summed E-state index contributed by atoms with van der Waals surface area (Å²) in [6, 6.07) is 5.09. The summed E-state index contributed by atoms with van der Waals surface area (Å²) in [4.78, 5) is 15.7. The maximum Gasteiger partial charge on any atom is 0.253 e. The van der Waals surface area contributed by atoms with Crippen molar-refractivity contribution in [3.05, 3.63) is 45.4 Å². The Hall–Kier alpha value is -1.40. The molecule has 0 atom stereocenters. The lowest BCUT2D eigenvalue weighted by Gasteiger charge is -2.05. The van der Waals surface area contributed by atoms with Crippen LogP contribution >= 0.6 is 27.5 Å². The van der Waals surface area contributed by atoms with Gasteiger partial charge >= 0.3 is 0 Å². The van der Waals surface area contributed by atoms with E-state index in [-0.39, 0.29) is 12.5 Å². The molecule has 1 amide bonds. The van der Waals surface area contributed by atoms with E-state index in [0.29, 0.717) is 16.4 Å². The van der Waals surface area contributed by atoms with Crippen LogP contribution in [0.2, 0.25) is 5.02 Å². The van der Waals surface area contributed by atoms with E-state index in [4.69, 9.17) is 11.6 Å². The minimum Gasteiger partial charge on any atom is -0.345 e. The predicted octanol–water partition coefficient (Wildman–Crippen LogP) is 2.15. The number of halogens is 2. The van der Waals surface area contributed by atoms with Gasteiger partial charge in [0.2, 0.25) is 0 Å². The Morgan fingerprint density at radius 3 is 3.00 bits per heavy atom. The molecule has 2 aromatic rings. The van der Waals surface area contributed by atoms with Crippen molar-refractivity contribution in [2.45, 2.75) is 6.54 Å². The number of carbonyl (C=O) groups is 1. The number of nitrogens with zero attached hydrogens (tertiary/aromatic N) is 2. The molecule has 1 aromatic carbocycles. The number of benzene rings is 1. The molecule has 7 heteroatoms. The van der Waals surface area contributed by atoms with E-state index in [1.807, 2.05) is 0 Å². The number of hydrogen-bond acceptors (Lipinski definition) is 3. The van der Waals surface area contributed by atoms with Gasteiger partial charge in [-0.1, -0.05) is 27.5 Å². The number of amides is 1. The highest BCUT2D eigenvalue weighted by molar-refractivity contribution is 9.10. The molecule has 0 radical (unpaired) electrons. The normalized spacial score (nSPS) is 10.2. The van der Waals surface area contributed by atoms with E-state index >= 15 is 0 Å². The van der Waals surface area contributed by atoms with Crippen molar-refractivity contribution < 1.29 is 4.79 Å². The van der Waals surface area contributed by atoms with E-state index in [9.17, 15) is 4.79 Å². The first-order valence-corrected chi connectivity index (χ1v) is 5.91. The SMILES string of the molecule is O=C(NCc1ncn[nH]1)c1ccc(Br)cc1Cl. The zero-order chi connectivity index (χ0) is 12.3. The number of rotatable bonds is 3. The molecule has 0 saturated heterocycles. The zero-order valence-electron chi connectivity index (χ0n) is 8.58. The first-order valence-electron chi connectivity index (χ1n) is 4.74. The lowest BCUT2D eigenvalue weighted by atomic mass is 10.2. The lowest BCUT2D eigenvalue weighted by molar-refractivity contribution is 0.0950. The van der Waals surface area contributed by atoms with Crippen LogP contribution in [0, 0.1) is 0 Å². The van der Waals surface area contributed by atoms with Gasteiger partial charge in [0, 0.05) is 4.47 Å². The van der Waals surface area contributed by atoms with Gasteiger partial charge in [0.1, 0.15) is 12.2 Å². The van der Waals surface area contributed by atoms with Crippen LogP contribution in [0.3, 0.4) is 0 Å². The summed E-state index contributed by atoms with van der Waals surface area (Å²) in [5, 5.41) is 9.42. The summed E-state index contributed by atoms with van der Waals surface area (Å²) in [6.45, 7) is 0.283. The average molecular weight is 316 g/mol. The molecule has 0 unspecified atom stereocenters. The van der Waals surface area contributed by atoms with Gasteiger partial charge in [0.05, 0.1) is 17.1 Å². The number of aromatic amines is 1. The monoisotopic (exact) mass is 314 g/mol. The molecule has 0 aliphatic rings. The number of aromatic nitrogens is 3. The van der Waals surface area contributed by atoms with Crippen LogP contribution < -0.4 is 5.32 Å². The summed E-state index contributed by atoms with van der Waals surface area (Å²) in [6.07, 6.45) is 1.38. The van der Waals surface area contributed by atoms with Crippen molar-refractivity contribution in [2.24, 2.45) is 0 Å². The minimum atomic E-state index is -0.251. The molecule has 0 aliphatic carbocycles. The van der Waals surface area contributed by atoms with Crippen molar-refractivity contribution >= 4 is 33.4 Å². The first kappa shape index (κ1) is 12.1. The van der Waals surface area contributed by atoms with Gasteiger partial charge < -0.3 is 5.32 Å². The molecular weight excluding hydrogens is 307 g/mol. The molecule has 2 rings (SSSR count). The van der Waals surface area contributed by atoms with Gasteiger partial charge in [-0.05, 0) is 18.2 Å². The molecule has 1 aromatic heterocycles. The highest BCUT2D eigenvalue weighted by atomic mass is 79.9. The second kappa shape index (κ2) is 5.29. The topological polar surface area (TPSA) is 70.7 Å². The number of carbonyl (C=O) groups excluding carboxylic acids is 1. The van der Waals surface area contributed by atoms with Gasteiger partial charge in [-0.25, -0.2) is 4.98 Å². The van der Waals surface area contributed by atoms with Gasteiger partial charge in [-0.3, -0.25) is 9.89 Å². The number of H-pyrrole nitrogens is 1. The van der Waals surface area contributed by atoms with Gasteiger partial charge in [0.15, 0.2) is 0 Å². The zero-order valence-corrected chi connectivity index (χ0v) is 10.9. The van der Waals surface area contributed by atoms with Crippen molar-refractivity contribution in [3.8, 4) is 0 Å². The fourth-order valence-corrected chi connectivity index (χ4v) is 2.01. The van der Waals surface area contributed by atoms with Crippen LogP contribution in [0.25, 0.3) is 0 Å². The fraction of sp³-hybridized carbons (Fsp3) is 0.100. The highest BCUT2D eigenvalue weighted by Gasteiger charge is 2.10. The second-order valence-corrected chi connectivity index (χ2v) is 4.56. The van der Waals surface area contributed by atoms with E-state index in [1.165, 1.54) is 6.33 Å². The van der Waals surface area contributed by atoms with E-state index in [0.717, 1.165) is 4.47 Å². The lowest BCUT2D eigenvalue weighted by Crippen LogP contribution is -2.23. The largest absolute Gasteiger partial charge is 0.345 e. The molecule has 1 heterocycles. The summed E-state index contributed by atoms with van der Waals surface area (Å²) in [5.74, 6) is 0.338. The Morgan fingerprint density at radius 1 is 1.53 bits per heavy atom. The quantitative estimate of drug-likeness (QED) is 0.911. The molecule has 0 aliphatic heterocycles. The third-order valence-electron chi connectivity index (χ3n) is 2.06. The molecular formula is C10H8BrClN4O. The van der Waals surface area contributed by atoms with Crippen molar-refractivity contribution in [3.63, 3.8) is 0 Å².